The van der Waals surface area contributed by atoms with Gasteiger partial charge in [-0.3, -0.25) is 4.79 Å². The zero-order valence-corrected chi connectivity index (χ0v) is 11.5. The average molecular weight is 283 g/mol. The maximum atomic E-state index is 12.0. The van der Waals surface area contributed by atoms with Crippen LogP contribution in [0.2, 0.25) is 0 Å². The van der Waals surface area contributed by atoms with Gasteiger partial charge in [-0.2, -0.15) is 11.8 Å². The molecular weight excluding hydrogens is 264 g/mol. The van der Waals surface area contributed by atoms with Crippen molar-refractivity contribution in [1.29, 1.82) is 0 Å². The van der Waals surface area contributed by atoms with Gasteiger partial charge in [0.05, 0.1) is 0 Å². The number of nitrogen functional groups attached to an aromatic ring is 1. The highest BCUT2D eigenvalue weighted by molar-refractivity contribution is 7.98. The van der Waals surface area contributed by atoms with Gasteiger partial charge in [-0.25, -0.2) is 4.79 Å². The Hall–Kier alpha value is -1.69. The third-order valence-corrected chi connectivity index (χ3v) is 2.97. The van der Waals surface area contributed by atoms with Crippen molar-refractivity contribution < 1.29 is 15.7 Å². The van der Waals surface area contributed by atoms with Gasteiger partial charge in [0.25, 0.3) is 0 Å². The van der Waals surface area contributed by atoms with Crippen LogP contribution in [0.15, 0.2) is 24.3 Å². The standard InChI is InChI=1S/C13H18N2O3S/c1-9(16)15-12(7-8-19-2)13(17)18-11-5-3-10(14)4-6-11/h3-6,12H,7-8,14H2,1-2H3,(H,15,16)/t12-/m0/s1/i1D. The van der Waals surface area contributed by atoms with Crippen LogP contribution in [0.1, 0.15) is 14.7 Å². The van der Waals surface area contributed by atoms with E-state index in [-0.39, 0.29) is 0 Å². The molecule has 0 bridgehead atoms. The summed E-state index contributed by atoms with van der Waals surface area (Å²) in [7, 11) is 0. The lowest BCUT2D eigenvalue weighted by atomic mass is 10.2. The van der Waals surface area contributed by atoms with Crippen molar-refractivity contribution >= 4 is 29.3 Å². The number of ether oxygens (including phenoxy) is 1. The molecule has 0 aliphatic rings. The number of esters is 1. The summed E-state index contributed by atoms with van der Waals surface area (Å²) in [4.78, 5) is 23.3. The van der Waals surface area contributed by atoms with Crippen LogP contribution in [0, 0.1) is 0 Å². The normalized spacial score (nSPS) is 12.4. The lowest BCUT2D eigenvalue weighted by molar-refractivity contribution is -0.139. The molecule has 1 rings (SSSR count). The molecule has 0 spiro atoms. The van der Waals surface area contributed by atoms with Gasteiger partial charge < -0.3 is 15.8 Å². The van der Waals surface area contributed by atoms with Crippen LogP contribution in [0.3, 0.4) is 0 Å². The van der Waals surface area contributed by atoms with E-state index in [2.05, 4.69) is 5.32 Å². The maximum absolute atomic E-state index is 12.0. The first-order valence-corrected chi connectivity index (χ1v) is 7.11. The zero-order valence-electron chi connectivity index (χ0n) is 11.7. The molecule has 3 N–H and O–H groups in total. The number of nitrogens with two attached hydrogens (primary N) is 1. The van der Waals surface area contributed by atoms with E-state index < -0.39 is 24.8 Å². The van der Waals surface area contributed by atoms with E-state index >= 15 is 0 Å². The number of carbonyl (C=O) groups is 2. The summed E-state index contributed by atoms with van der Waals surface area (Å²) in [6, 6.07) is 5.69. The monoisotopic (exact) mass is 283 g/mol. The summed E-state index contributed by atoms with van der Waals surface area (Å²) in [5, 5.41) is 2.49. The minimum atomic E-state index is -0.738. The number of anilines is 1. The number of hydrogen-bond donors (Lipinski definition) is 2. The van der Waals surface area contributed by atoms with Gasteiger partial charge in [0.1, 0.15) is 11.8 Å². The number of nitrogens with one attached hydrogen (secondary N) is 1. The molecule has 0 unspecified atom stereocenters. The number of thioether (sulfide) groups is 1. The minimum absolute atomic E-state index is 0.374. The number of rotatable bonds is 6. The number of hydrogen-bond acceptors (Lipinski definition) is 5. The van der Waals surface area contributed by atoms with Crippen LogP contribution in [0.25, 0.3) is 0 Å². The highest BCUT2D eigenvalue weighted by Crippen LogP contribution is 2.14. The Labute approximate surface area is 118 Å². The predicted molar refractivity (Wildman–Crippen MR) is 77.1 cm³/mol. The van der Waals surface area contributed by atoms with E-state index in [4.69, 9.17) is 11.8 Å². The Balaban J connectivity index is 2.66. The SMILES string of the molecule is [2H]CC(=O)N[C@@H](CCSC)C(=O)Oc1ccc(N)cc1. The van der Waals surface area contributed by atoms with Crippen LogP contribution in [0.5, 0.6) is 5.75 Å². The molecule has 0 aromatic heterocycles. The fourth-order valence-corrected chi connectivity index (χ4v) is 1.87. The maximum Gasteiger partial charge on any atom is 0.334 e. The topological polar surface area (TPSA) is 81.4 Å². The molecule has 0 aliphatic heterocycles. The summed E-state index contributed by atoms with van der Waals surface area (Å²) in [5.74, 6) is 0.0502. The molecular formula is C13H18N2O3S. The van der Waals surface area contributed by atoms with E-state index in [0.717, 1.165) is 0 Å². The third kappa shape index (κ3) is 5.65. The van der Waals surface area contributed by atoms with Crippen LogP contribution in [0.4, 0.5) is 5.69 Å². The first kappa shape index (κ1) is 13.7. The van der Waals surface area contributed by atoms with Gasteiger partial charge in [-0.1, -0.05) is 0 Å². The summed E-state index contributed by atoms with van der Waals surface area (Å²) < 4.78 is 12.2. The van der Waals surface area contributed by atoms with E-state index in [1.54, 1.807) is 36.0 Å². The van der Waals surface area contributed by atoms with Crippen molar-refractivity contribution in [1.82, 2.24) is 5.32 Å². The lowest BCUT2D eigenvalue weighted by Crippen LogP contribution is -2.42. The molecule has 0 radical (unpaired) electrons. The Kier molecular flexibility index (Phi) is 5.55. The van der Waals surface area contributed by atoms with Gasteiger partial charge in [-0.15, -0.1) is 0 Å². The molecule has 1 aromatic rings. The Bertz CT molecular complexity index is 453. The molecule has 0 fully saturated rings. The molecule has 0 heterocycles. The Morgan fingerprint density at radius 1 is 1.47 bits per heavy atom. The highest BCUT2D eigenvalue weighted by Gasteiger charge is 2.21. The van der Waals surface area contributed by atoms with Crippen molar-refractivity contribution in [2.45, 2.75) is 19.4 Å². The third-order valence-electron chi connectivity index (χ3n) is 2.33. The minimum Gasteiger partial charge on any atom is -0.425 e. The largest absolute Gasteiger partial charge is 0.425 e. The molecule has 19 heavy (non-hydrogen) atoms. The first-order valence-electron chi connectivity index (χ1n) is 6.42. The number of carbonyl (C=O) groups excluding carboxylic acids is 2. The van der Waals surface area contributed by atoms with Crippen molar-refractivity contribution in [2.24, 2.45) is 0 Å². The number of amides is 1. The molecule has 104 valence electrons. The van der Waals surface area contributed by atoms with Gasteiger partial charge >= 0.3 is 5.97 Å². The van der Waals surface area contributed by atoms with Crippen LogP contribution in [-0.4, -0.2) is 29.9 Å². The molecule has 0 saturated carbocycles. The average Bonchev–Trinajstić information content (AvgIpc) is 2.45. The van der Waals surface area contributed by atoms with Crippen molar-refractivity contribution in [3.8, 4) is 5.75 Å². The second-order valence-electron chi connectivity index (χ2n) is 3.89. The smallest absolute Gasteiger partial charge is 0.334 e. The van der Waals surface area contributed by atoms with E-state index in [0.29, 0.717) is 23.6 Å². The summed E-state index contributed by atoms with van der Waals surface area (Å²) in [6.07, 6.45) is 2.37. The lowest BCUT2D eigenvalue weighted by Gasteiger charge is -2.16. The first-order chi connectivity index (χ1) is 9.56. The van der Waals surface area contributed by atoms with Gasteiger partial charge in [0.2, 0.25) is 5.91 Å². The molecule has 1 amide bonds. The second-order valence-corrected chi connectivity index (χ2v) is 4.88. The predicted octanol–water partition coefficient (Wildman–Crippen LogP) is 1.43. The van der Waals surface area contributed by atoms with Crippen LogP contribution in [-0.2, 0) is 9.59 Å². The van der Waals surface area contributed by atoms with Crippen LogP contribution < -0.4 is 15.8 Å². The van der Waals surface area contributed by atoms with E-state index in [1.807, 2.05) is 6.26 Å². The summed E-state index contributed by atoms with van der Waals surface area (Å²) in [5.41, 5.74) is 6.12. The molecule has 6 heteroatoms. The van der Waals surface area contributed by atoms with E-state index in [1.165, 1.54) is 0 Å². The van der Waals surface area contributed by atoms with Gasteiger partial charge in [-0.05, 0) is 42.7 Å². The molecule has 1 atom stereocenters. The summed E-state index contributed by atoms with van der Waals surface area (Å²) in [6.45, 7) is -0.412. The molecule has 0 saturated heterocycles. The van der Waals surface area contributed by atoms with E-state index in [9.17, 15) is 9.59 Å². The Morgan fingerprint density at radius 3 is 2.74 bits per heavy atom. The van der Waals surface area contributed by atoms with Gasteiger partial charge in [0.15, 0.2) is 0 Å². The molecule has 1 aromatic carbocycles. The van der Waals surface area contributed by atoms with Crippen molar-refractivity contribution in [3.63, 3.8) is 0 Å². The quantitative estimate of drug-likeness (QED) is 0.469. The molecule has 5 nitrogen and oxygen atoms in total. The number of benzene rings is 1. The highest BCUT2D eigenvalue weighted by atomic mass is 32.2. The Morgan fingerprint density at radius 2 is 2.16 bits per heavy atom. The second kappa shape index (κ2) is 7.68. The van der Waals surface area contributed by atoms with Crippen molar-refractivity contribution in [3.05, 3.63) is 24.3 Å². The van der Waals surface area contributed by atoms with Crippen LogP contribution >= 0.6 is 11.8 Å². The summed E-state index contributed by atoms with van der Waals surface area (Å²) >= 11 is 1.57. The zero-order chi connectivity index (χ0) is 15.0. The fraction of sp³-hybridized carbons (Fsp3) is 0.385. The molecule has 0 aliphatic carbocycles. The fourth-order valence-electron chi connectivity index (χ4n) is 1.40. The van der Waals surface area contributed by atoms with Crippen molar-refractivity contribution in [2.75, 3.05) is 17.7 Å². The van der Waals surface area contributed by atoms with Gasteiger partial charge in [0, 0.05) is 14.0 Å².